The molecule has 0 spiro atoms. The first-order chi connectivity index (χ1) is 18.3. The van der Waals surface area contributed by atoms with Crippen LogP contribution < -0.4 is 10.6 Å². The van der Waals surface area contributed by atoms with Gasteiger partial charge in [-0.05, 0) is 91.3 Å². The zero-order chi connectivity index (χ0) is 28.3. The summed E-state index contributed by atoms with van der Waals surface area (Å²) in [4.78, 5) is 26.7. The summed E-state index contributed by atoms with van der Waals surface area (Å²) in [5, 5.41) is 18.2. The van der Waals surface area contributed by atoms with E-state index in [4.69, 9.17) is 9.31 Å². The van der Waals surface area contributed by atoms with Crippen LogP contribution >= 0.6 is 15.9 Å². The van der Waals surface area contributed by atoms with Crippen LogP contribution in [0.15, 0.2) is 40.9 Å². The quantitative estimate of drug-likeness (QED) is 0.376. The van der Waals surface area contributed by atoms with E-state index < -0.39 is 37.0 Å². The number of hydrogen-bond acceptors (Lipinski definition) is 5. The van der Waals surface area contributed by atoms with Crippen LogP contribution in [0.2, 0.25) is 0 Å². The molecule has 1 heterocycles. The molecule has 2 bridgehead atoms. The number of carbonyl (C=O) groups excluding carboxylic acids is 2. The van der Waals surface area contributed by atoms with Crippen molar-refractivity contribution in [1.82, 2.24) is 10.6 Å². The van der Waals surface area contributed by atoms with Crippen molar-refractivity contribution in [3.05, 3.63) is 46.4 Å². The van der Waals surface area contributed by atoms with Gasteiger partial charge in [-0.3, -0.25) is 9.59 Å². The lowest BCUT2D eigenvalue weighted by Crippen LogP contribution is -2.65. The van der Waals surface area contributed by atoms with E-state index in [-0.39, 0.29) is 23.0 Å². The molecule has 7 nitrogen and oxygen atoms in total. The highest BCUT2D eigenvalue weighted by Crippen LogP contribution is 2.65. The Bertz CT molecular complexity index is 1270. The van der Waals surface area contributed by atoms with Gasteiger partial charge in [0, 0.05) is 10.0 Å². The van der Waals surface area contributed by atoms with Crippen molar-refractivity contribution in [1.29, 1.82) is 0 Å². The molecule has 2 aromatic rings. The Hall–Kier alpha value is -1.94. The number of aliphatic hydroxyl groups is 1. The van der Waals surface area contributed by atoms with Crippen molar-refractivity contribution in [2.45, 2.75) is 90.6 Å². The lowest BCUT2D eigenvalue weighted by molar-refractivity contribution is -0.199. The third kappa shape index (κ3) is 5.28. The maximum absolute atomic E-state index is 13.5. The van der Waals surface area contributed by atoms with E-state index in [2.05, 4.69) is 61.2 Å². The van der Waals surface area contributed by atoms with Crippen LogP contribution in [0.4, 0.5) is 0 Å². The number of fused-ring (bicyclic) bond motifs is 1. The molecule has 3 N–H and O–H groups in total. The Morgan fingerprint density at radius 1 is 1.08 bits per heavy atom. The molecule has 0 unspecified atom stereocenters. The number of halogens is 1. The highest BCUT2D eigenvalue weighted by atomic mass is 79.9. The van der Waals surface area contributed by atoms with Crippen molar-refractivity contribution in [3.8, 4) is 0 Å². The Balaban J connectivity index is 1.30. The Kier molecular flexibility index (Phi) is 7.68. The number of carbonyl (C=O) groups is 2. The van der Waals surface area contributed by atoms with Crippen molar-refractivity contribution in [2.75, 3.05) is 0 Å². The van der Waals surface area contributed by atoms with Gasteiger partial charge >= 0.3 is 7.12 Å². The van der Waals surface area contributed by atoms with Gasteiger partial charge in [0.25, 0.3) is 5.91 Å². The van der Waals surface area contributed by atoms with Crippen LogP contribution in [-0.4, -0.2) is 53.8 Å². The standard InChI is InChI=1S/C30H40BBrN2O5/c1-16(2)11-25(31-38-24-15-21-14-23(29(21,4)5)30(24,6)39-31)33-28(37)26(17(3)35)34-27(36)20-8-7-19-13-22(32)10-9-18(19)12-20/h7-10,12-13,16-17,21,23-26,35H,11,14-15H2,1-6H3,(H,33,37)(H,34,36)/t17-,21-,23-,24-,25+,26+,30+/m1/s1. The second-order valence-electron chi connectivity index (χ2n) is 13.0. The van der Waals surface area contributed by atoms with E-state index in [1.165, 1.54) is 6.92 Å². The summed E-state index contributed by atoms with van der Waals surface area (Å²) >= 11 is 3.46. The number of rotatable bonds is 8. The van der Waals surface area contributed by atoms with Crippen LogP contribution in [0.25, 0.3) is 10.8 Å². The molecule has 0 aromatic heterocycles. The van der Waals surface area contributed by atoms with E-state index >= 15 is 0 Å². The Labute approximate surface area is 240 Å². The van der Waals surface area contributed by atoms with E-state index in [1.54, 1.807) is 12.1 Å². The monoisotopic (exact) mass is 598 g/mol. The maximum atomic E-state index is 13.5. The normalized spacial score (nSPS) is 29.4. The zero-order valence-corrected chi connectivity index (χ0v) is 25.2. The number of benzene rings is 2. The molecule has 7 atom stereocenters. The molecule has 39 heavy (non-hydrogen) atoms. The molecule has 3 saturated carbocycles. The average molecular weight is 599 g/mol. The van der Waals surface area contributed by atoms with Gasteiger partial charge in [0.05, 0.1) is 23.8 Å². The molecule has 210 valence electrons. The van der Waals surface area contributed by atoms with Gasteiger partial charge in [-0.2, -0.15) is 0 Å². The molecule has 1 saturated heterocycles. The summed E-state index contributed by atoms with van der Waals surface area (Å²) < 4.78 is 14.1. The molecule has 4 fully saturated rings. The fraction of sp³-hybridized carbons (Fsp3) is 0.600. The summed E-state index contributed by atoms with van der Waals surface area (Å²) in [7, 11) is -0.577. The molecule has 3 aliphatic carbocycles. The molecule has 2 aromatic carbocycles. The molecule has 2 amide bonds. The molecular weight excluding hydrogens is 559 g/mol. The second-order valence-corrected chi connectivity index (χ2v) is 13.9. The van der Waals surface area contributed by atoms with Gasteiger partial charge in [-0.25, -0.2) is 0 Å². The smallest absolute Gasteiger partial charge is 0.404 e. The molecule has 6 rings (SSSR count). The fourth-order valence-corrected chi connectivity index (χ4v) is 7.46. The Morgan fingerprint density at radius 3 is 2.44 bits per heavy atom. The van der Waals surface area contributed by atoms with Gasteiger partial charge in [0.1, 0.15) is 6.04 Å². The van der Waals surface area contributed by atoms with Gasteiger partial charge in [-0.1, -0.05) is 55.8 Å². The van der Waals surface area contributed by atoms with E-state index in [0.717, 1.165) is 28.1 Å². The lowest BCUT2D eigenvalue weighted by atomic mass is 9.43. The van der Waals surface area contributed by atoms with Crippen LogP contribution in [0, 0.1) is 23.2 Å². The minimum absolute atomic E-state index is 0.00614. The fourth-order valence-electron chi connectivity index (χ4n) is 7.08. The molecule has 4 aliphatic rings. The minimum Gasteiger partial charge on any atom is -0.404 e. The van der Waals surface area contributed by atoms with Crippen LogP contribution in [-0.2, 0) is 14.1 Å². The van der Waals surface area contributed by atoms with E-state index in [0.29, 0.717) is 23.8 Å². The van der Waals surface area contributed by atoms with Gasteiger partial charge in [0.2, 0.25) is 5.91 Å². The lowest BCUT2D eigenvalue weighted by Gasteiger charge is -2.64. The number of amides is 2. The van der Waals surface area contributed by atoms with Gasteiger partial charge in [0.15, 0.2) is 0 Å². The number of hydrogen-bond donors (Lipinski definition) is 3. The predicted octanol–water partition coefficient (Wildman–Crippen LogP) is 4.88. The highest BCUT2D eigenvalue weighted by Gasteiger charge is 2.68. The summed E-state index contributed by atoms with van der Waals surface area (Å²) in [6.07, 6.45) is 1.68. The summed E-state index contributed by atoms with van der Waals surface area (Å²) in [5.41, 5.74) is 0.260. The third-order valence-corrected chi connectivity index (χ3v) is 9.96. The Morgan fingerprint density at radius 2 is 1.77 bits per heavy atom. The zero-order valence-electron chi connectivity index (χ0n) is 23.7. The minimum atomic E-state index is -1.13. The second kappa shape index (κ2) is 10.5. The van der Waals surface area contributed by atoms with Crippen molar-refractivity contribution < 1.29 is 24.0 Å². The molecule has 9 heteroatoms. The van der Waals surface area contributed by atoms with Crippen LogP contribution in [0.5, 0.6) is 0 Å². The molecule has 1 aliphatic heterocycles. The van der Waals surface area contributed by atoms with E-state index in [1.807, 2.05) is 24.3 Å². The maximum Gasteiger partial charge on any atom is 0.481 e. The van der Waals surface area contributed by atoms with Crippen molar-refractivity contribution >= 4 is 45.6 Å². The molecule has 0 radical (unpaired) electrons. The van der Waals surface area contributed by atoms with Gasteiger partial charge < -0.3 is 25.0 Å². The van der Waals surface area contributed by atoms with E-state index in [9.17, 15) is 14.7 Å². The predicted molar refractivity (Wildman–Crippen MR) is 156 cm³/mol. The first-order valence-electron chi connectivity index (χ1n) is 14.1. The first kappa shape index (κ1) is 28.6. The largest absolute Gasteiger partial charge is 0.481 e. The van der Waals surface area contributed by atoms with Crippen LogP contribution in [0.3, 0.4) is 0 Å². The number of aliphatic hydroxyl groups excluding tert-OH is 1. The summed E-state index contributed by atoms with van der Waals surface area (Å²) in [6.45, 7) is 12.5. The van der Waals surface area contributed by atoms with Crippen molar-refractivity contribution in [3.63, 3.8) is 0 Å². The summed E-state index contributed by atoms with van der Waals surface area (Å²) in [6, 6.07) is 10.1. The first-order valence-corrected chi connectivity index (χ1v) is 14.9. The van der Waals surface area contributed by atoms with Crippen molar-refractivity contribution in [2.24, 2.45) is 23.2 Å². The highest BCUT2D eigenvalue weighted by molar-refractivity contribution is 9.10. The van der Waals surface area contributed by atoms with Gasteiger partial charge in [-0.15, -0.1) is 0 Å². The third-order valence-electron chi connectivity index (χ3n) is 9.47. The molecular formula is C30H40BBrN2O5. The number of nitrogens with one attached hydrogen (secondary N) is 2. The van der Waals surface area contributed by atoms with Crippen LogP contribution in [0.1, 0.15) is 71.2 Å². The summed E-state index contributed by atoms with van der Waals surface area (Å²) in [5.74, 6) is 0.0489. The topological polar surface area (TPSA) is 96.9 Å². The average Bonchev–Trinajstić information content (AvgIpc) is 3.23. The SMILES string of the molecule is CC(C)C[C@H](NC(=O)[C@@H](NC(=O)c1ccc2cc(Br)ccc2c1)[C@@H](C)O)B1O[C@@H]2C[C@H]3C[C@H](C3(C)C)[C@]2(C)O1.